The van der Waals surface area contributed by atoms with Gasteiger partial charge in [-0.25, -0.2) is 9.78 Å². The third-order valence-corrected chi connectivity index (χ3v) is 3.97. The van der Waals surface area contributed by atoms with Crippen molar-refractivity contribution in [3.8, 4) is 11.6 Å². The number of nitro groups is 1. The van der Waals surface area contributed by atoms with Gasteiger partial charge in [-0.1, -0.05) is 0 Å². The van der Waals surface area contributed by atoms with Gasteiger partial charge in [-0.2, -0.15) is 13.2 Å². The summed E-state index contributed by atoms with van der Waals surface area (Å²) in [6, 6.07) is 7.54. The Labute approximate surface area is 183 Å². The summed E-state index contributed by atoms with van der Waals surface area (Å²) < 4.78 is 48.7. The number of nitrogens with zero attached hydrogens (tertiary/aromatic N) is 3. The maximum absolute atomic E-state index is 12.8. The number of rotatable bonds is 7. The molecule has 0 aliphatic rings. The second-order valence-corrected chi connectivity index (χ2v) is 6.26. The average Bonchev–Trinajstić information content (AvgIpc) is 2.78. The highest BCUT2D eigenvalue weighted by molar-refractivity contribution is 5.97. The molecule has 170 valence electrons. The molecule has 13 heteroatoms. The fourth-order valence-electron chi connectivity index (χ4n) is 2.51. The first-order valence-corrected chi connectivity index (χ1v) is 9.00. The molecule has 0 aliphatic carbocycles. The minimum absolute atomic E-state index is 0.116. The summed E-state index contributed by atoms with van der Waals surface area (Å²) in [5, 5.41) is 13.1. The van der Waals surface area contributed by atoms with Crippen LogP contribution in [0.4, 0.5) is 24.5 Å². The van der Waals surface area contributed by atoms with Gasteiger partial charge in [0.05, 0.1) is 16.7 Å². The number of pyridine rings is 2. The molecule has 10 nitrogen and oxygen atoms in total. The third kappa shape index (κ3) is 6.00. The number of carbonyl (C=O) groups is 2. The Kier molecular flexibility index (Phi) is 6.81. The highest BCUT2D eigenvalue weighted by Gasteiger charge is 2.33. The van der Waals surface area contributed by atoms with Crippen molar-refractivity contribution in [1.82, 2.24) is 9.97 Å². The molecule has 1 amide bonds. The van der Waals surface area contributed by atoms with E-state index in [1.54, 1.807) is 12.1 Å². The minimum atomic E-state index is -4.80. The van der Waals surface area contributed by atoms with Crippen LogP contribution < -0.4 is 10.1 Å². The summed E-state index contributed by atoms with van der Waals surface area (Å²) >= 11 is 0. The highest BCUT2D eigenvalue weighted by atomic mass is 19.4. The normalized spacial score (nSPS) is 10.9. The van der Waals surface area contributed by atoms with Crippen molar-refractivity contribution in [2.75, 3.05) is 11.9 Å². The lowest BCUT2D eigenvalue weighted by Gasteiger charge is -2.11. The van der Waals surface area contributed by atoms with Crippen molar-refractivity contribution in [1.29, 1.82) is 0 Å². The first kappa shape index (κ1) is 23.1. The van der Waals surface area contributed by atoms with E-state index < -0.39 is 46.5 Å². The van der Waals surface area contributed by atoms with E-state index in [-0.39, 0.29) is 17.2 Å². The van der Waals surface area contributed by atoms with Crippen LogP contribution in [0.5, 0.6) is 11.6 Å². The number of halogens is 3. The third-order valence-electron chi connectivity index (χ3n) is 3.97. The van der Waals surface area contributed by atoms with Gasteiger partial charge in [-0.15, -0.1) is 0 Å². The molecule has 0 saturated carbocycles. The number of nitrogens with one attached hydrogen (secondary N) is 1. The number of anilines is 1. The number of nitro benzene ring substituents is 1. The number of amides is 1. The van der Waals surface area contributed by atoms with Crippen LogP contribution in [0.2, 0.25) is 0 Å². The van der Waals surface area contributed by atoms with Gasteiger partial charge in [0.1, 0.15) is 17.0 Å². The molecule has 0 fully saturated rings. The Hall–Kier alpha value is -4.55. The van der Waals surface area contributed by atoms with Crippen LogP contribution >= 0.6 is 0 Å². The summed E-state index contributed by atoms with van der Waals surface area (Å²) in [7, 11) is 0. The molecule has 0 atom stereocenters. The maximum atomic E-state index is 12.8. The topological polar surface area (TPSA) is 134 Å². The molecule has 0 bridgehead atoms. The van der Waals surface area contributed by atoms with Crippen molar-refractivity contribution < 1.29 is 37.2 Å². The zero-order valence-corrected chi connectivity index (χ0v) is 16.4. The Morgan fingerprint density at radius 3 is 2.55 bits per heavy atom. The van der Waals surface area contributed by atoms with Crippen LogP contribution in [0.1, 0.15) is 15.9 Å². The van der Waals surface area contributed by atoms with Gasteiger partial charge in [0, 0.05) is 18.5 Å². The summed E-state index contributed by atoms with van der Waals surface area (Å²) in [4.78, 5) is 42.3. The Morgan fingerprint density at radius 2 is 1.88 bits per heavy atom. The first-order chi connectivity index (χ1) is 15.6. The highest BCUT2D eigenvalue weighted by Crippen LogP contribution is 2.35. The van der Waals surface area contributed by atoms with Crippen LogP contribution in [0.25, 0.3) is 0 Å². The number of hydrogen-bond acceptors (Lipinski definition) is 8. The van der Waals surface area contributed by atoms with E-state index in [1.807, 2.05) is 0 Å². The number of esters is 1. The van der Waals surface area contributed by atoms with Crippen molar-refractivity contribution in [2.45, 2.75) is 6.18 Å². The van der Waals surface area contributed by atoms with Crippen LogP contribution in [-0.2, 0) is 15.7 Å². The Bertz CT molecular complexity index is 1190. The number of carbonyl (C=O) groups excluding carboxylic acids is 2. The molecule has 2 aromatic heterocycles. The van der Waals surface area contributed by atoms with Crippen LogP contribution in [0, 0.1) is 10.1 Å². The second kappa shape index (κ2) is 9.72. The average molecular weight is 462 g/mol. The van der Waals surface area contributed by atoms with Gasteiger partial charge < -0.3 is 14.8 Å². The molecule has 0 radical (unpaired) electrons. The van der Waals surface area contributed by atoms with Gasteiger partial charge in [0.25, 0.3) is 11.6 Å². The fraction of sp³-hybridized carbons (Fsp3) is 0.100. The molecule has 0 saturated heterocycles. The van der Waals surface area contributed by atoms with Gasteiger partial charge >= 0.3 is 12.1 Å². The summed E-state index contributed by atoms with van der Waals surface area (Å²) in [6.07, 6.45) is -0.546. The number of aromatic nitrogens is 2. The number of ether oxygens (including phenoxy) is 2. The van der Waals surface area contributed by atoms with E-state index in [4.69, 9.17) is 9.47 Å². The molecule has 3 rings (SSSR count). The van der Waals surface area contributed by atoms with Gasteiger partial charge in [-0.3, -0.25) is 19.9 Å². The molecule has 0 spiro atoms. The molecule has 1 N–H and O–H groups in total. The Morgan fingerprint density at radius 1 is 1.12 bits per heavy atom. The first-order valence-electron chi connectivity index (χ1n) is 9.00. The zero-order chi connectivity index (χ0) is 24.0. The molecule has 1 aromatic carbocycles. The summed E-state index contributed by atoms with van der Waals surface area (Å²) in [5.41, 5.74) is -2.83. The van der Waals surface area contributed by atoms with Crippen molar-refractivity contribution >= 4 is 23.3 Å². The summed E-state index contributed by atoms with van der Waals surface area (Å²) in [5.74, 6) is -1.82. The zero-order valence-electron chi connectivity index (χ0n) is 16.4. The maximum Gasteiger partial charge on any atom is 0.416 e. The molecular formula is C20H13F3N4O6. The SMILES string of the molecule is O=C(COC(=O)c1cccnc1Oc1cccnc1)Nc1ccc(C(F)(F)F)cc1[N+](=O)[O-]. The Balaban J connectivity index is 1.67. The summed E-state index contributed by atoms with van der Waals surface area (Å²) in [6.45, 7) is -0.877. The van der Waals surface area contributed by atoms with Gasteiger partial charge in [0.15, 0.2) is 6.61 Å². The van der Waals surface area contributed by atoms with Crippen molar-refractivity contribution in [3.63, 3.8) is 0 Å². The van der Waals surface area contributed by atoms with E-state index in [0.29, 0.717) is 12.1 Å². The fourth-order valence-corrected chi connectivity index (χ4v) is 2.51. The van der Waals surface area contributed by atoms with Crippen molar-refractivity contribution in [3.05, 3.63) is 82.3 Å². The molecule has 33 heavy (non-hydrogen) atoms. The number of hydrogen-bond donors (Lipinski definition) is 1. The van der Waals surface area contributed by atoms with E-state index >= 15 is 0 Å². The predicted octanol–water partition coefficient (Wildman–Crippen LogP) is 3.99. The predicted molar refractivity (Wildman–Crippen MR) is 106 cm³/mol. The number of benzene rings is 1. The standard InChI is InChI=1S/C20H13F3N4O6/c21-20(22,23)12-5-6-15(16(9-12)27(30)31)26-17(28)11-32-19(29)14-4-2-8-25-18(14)33-13-3-1-7-24-10-13/h1-10H,11H2,(H,26,28). The minimum Gasteiger partial charge on any atom is -0.452 e. The van der Waals surface area contributed by atoms with E-state index in [9.17, 15) is 32.9 Å². The smallest absolute Gasteiger partial charge is 0.416 e. The largest absolute Gasteiger partial charge is 0.452 e. The van der Waals surface area contributed by atoms with Crippen LogP contribution in [0.3, 0.4) is 0 Å². The molecule has 3 aromatic rings. The van der Waals surface area contributed by atoms with E-state index in [1.165, 1.54) is 30.7 Å². The van der Waals surface area contributed by atoms with E-state index in [2.05, 4.69) is 15.3 Å². The monoisotopic (exact) mass is 462 g/mol. The van der Waals surface area contributed by atoms with Gasteiger partial charge in [-0.05, 0) is 36.4 Å². The van der Waals surface area contributed by atoms with E-state index in [0.717, 1.165) is 6.07 Å². The lowest BCUT2D eigenvalue weighted by molar-refractivity contribution is -0.384. The number of alkyl halides is 3. The molecule has 2 heterocycles. The van der Waals surface area contributed by atoms with Crippen LogP contribution in [0.15, 0.2) is 61.1 Å². The van der Waals surface area contributed by atoms with Gasteiger partial charge in [0.2, 0.25) is 5.88 Å². The molecular weight excluding hydrogens is 449 g/mol. The lowest BCUT2D eigenvalue weighted by Crippen LogP contribution is -2.22. The van der Waals surface area contributed by atoms with Crippen molar-refractivity contribution in [2.24, 2.45) is 0 Å². The quantitative estimate of drug-likeness (QED) is 0.317. The second-order valence-electron chi connectivity index (χ2n) is 6.26. The molecule has 0 unspecified atom stereocenters. The lowest BCUT2D eigenvalue weighted by atomic mass is 10.1. The molecule has 0 aliphatic heterocycles. The van der Waals surface area contributed by atoms with Crippen LogP contribution in [-0.4, -0.2) is 33.4 Å².